The zero-order valence-corrected chi connectivity index (χ0v) is 14.0. The average Bonchev–Trinajstić information content (AvgIpc) is 3.01. The van der Waals surface area contributed by atoms with Gasteiger partial charge in [-0.25, -0.2) is 4.39 Å². The van der Waals surface area contributed by atoms with Gasteiger partial charge in [0.15, 0.2) is 0 Å². The topological polar surface area (TPSA) is 15.3 Å². The van der Waals surface area contributed by atoms with Gasteiger partial charge in [-0.2, -0.15) is 0 Å². The van der Waals surface area contributed by atoms with Crippen LogP contribution >= 0.6 is 0 Å². The number of nitrogens with one attached hydrogen (secondary N) is 1. The van der Waals surface area contributed by atoms with Crippen molar-refractivity contribution in [3.05, 3.63) is 65.2 Å². The summed E-state index contributed by atoms with van der Waals surface area (Å²) in [5, 5.41) is 3.41. The molecule has 1 unspecified atom stereocenters. The zero-order valence-electron chi connectivity index (χ0n) is 14.0. The van der Waals surface area contributed by atoms with Crippen molar-refractivity contribution < 1.29 is 4.39 Å². The molecule has 4 rings (SSSR count). The highest BCUT2D eigenvalue weighted by molar-refractivity contribution is 5.56. The van der Waals surface area contributed by atoms with Crippen LogP contribution in [0.3, 0.4) is 0 Å². The number of hydrogen-bond donors (Lipinski definition) is 1. The minimum Gasteiger partial charge on any atom is -0.384 e. The zero-order chi connectivity index (χ0) is 16.4. The molecule has 0 aromatic heterocycles. The Kier molecular flexibility index (Phi) is 4.52. The van der Waals surface area contributed by atoms with Crippen molar-refractivity contribution in [1.82, 2.24) is 4.90 Å². The number of anilines is 1. The largest absolute Gasteiger partial charge is 0.384 e. The molecule has 1 atom stereocenters. The molecular weight excluding hydrogens is 299 g/mol. The third-order valence-corrected chi connectivity index (χ3v) is 5.19. The van der Waals surface area contributed by atoms with E-state index in [1.807, 2.05) is 30.3 Å². The molecular formula is C21H25FN2. The summed E-state index contributed by atoms with van der Waals surface area (Å²) in [6, 6.07) is 16.8. The van der Waals surface area contributed by atoms with E-state index in [4.69, 9.17) is 0 Å². The summed E-state index contributed by atoms with van der Waals surface area (Å²) >= 11 is 0. The predicted molar refractivity (Wildman–Crippen MR) is 97.3 cm³/mol. The maximum Gasteiger partial charge on any atom is 0.117 e. The van der Waals surface area contributed by atoms with Crippen molar-refractivity contribution in [2.45, 2.75) is 25.4 Å². The quantitative estimate of drug-likeness (QED) is 0.871. The highest BCUT2D eigenvalue weighted by atomic mass is 19.1. The molecule has 0 spiro atoms. The van der Waals surface area contributed by atoms with Crippen molar-refractivity contribution >= 4 is 5.69 Å². The van der Waals surface area contributed by atoms with E-state index in [0.717, 1.165) is 38.0 Å². The van der Waals surface area contributed by atoms with E-state index in [-0.39, 0.29) is 0 Å². The van der Waals surface area contributed by atoms with Crippen LogP contribution in [0, 0.1) is 5.92 Å². The molecule has 2 aliphatic rings. The first-order valence-corrected chi connectivity index (χ1v) is 9.02. The van der Waals surface area contributed by atoms with Gasteiger partial charge in [-0.15, -0.1) is 0 Å². The summed E-state index contributed by atoms with van der Waals surface area (Å²) < 4.78 is 14.2. The van der Waals surface area contributed by atoms with Crippen molar-refractivity contribution in [2.75, 3.05) is 31.5 Å². The van der Waals surface area contributed by atoms with Gasteiger partial charge in [0.25, 0.3) is 0 Å². The van der Waals surface area contributed by atoms with E-state index in [9.17, 15) is 4.39 Å². The van der Waals surface area contributed by atoms with Crippen LogP contribution in [0.1, 0.15) is 16.7 Å². The van der Waals surface area contributed by atoms with E-state index in [2.05, 4.69) is 28.4 Å². The van der Waals surface area contributed by atoms with E-state index in [1.165, 1.54) is 16.8 Å². The lowest BCUT2D eigenvalue weighted by Gasteiger charge is -2.40. The van der Waals surface area contributed by atoms with Crippen LogP contribution in [0.15, 0.2) is 48.5 Å². The molecule has 2 aliphatic heterocycles. The average molecular weight is 324 g/mol. The number of rotatable bonds is 6. The van der Waals surface area contributed by atoms with Crippen molar-refractivity contribution in [1.29, 1.82) is 0 Å². The molecule has 1 saturated heterocycles. The molecule has 0 saturated carbocycles. The first-order chi connectivity index (χ1) is 11.8. The lowest BCUT2D eigenvalue weighted by Crippen LogP contribution is -2.50. The van der Waals surface area contributed by atoms with Crippen molar-refractivity contribution in [3.8, 4) is 0 Å². The maximum atomic E-state index is 14.2. The van der Waals surface area contributed by atoms with Crippen LogP contribution in [0.5, 0.6) is 0 Å². The Morgan fingerprint density at radius 3 is 2.75 bits per heavy atom. The van der Waals surface area contributed by atoms with Crippen LogP contribution in [0.2, 0.25) is 0 Å². The third kappa shape index (κ3) is 3.62. The van der Waals surface area contributed by atoms with Crippen LogP contribution in [0.25, 0.3) is 0 Å². The fourth-order valence-corrected chi connectivity index (χ4v) is 3.99. The Bertz CT molecular complexity index is 679. The second kappa shape index (κ2) is 6.94. The van der Waals surface area contributed by atoms with E-state index >= 15 is 0 Å². The molecule has 1 fully saturated rings. The smallest absolute Gasteiger partial charge is 0.117 e. The molecule has 0 amide bonds. The van der Waals surface area contributed by atoms with Crippen LogP contribution in [-0.2, 0) is 19.3 Å². The van der Waals surface area contributed by atoms with Gasteiger partial charge in [0.1, 0.15) is 6.17 Å². The van der Waals surface area contributed by atoms with Gasteiger partial charge >= 0.3 is 0 Å². The summed E-state index contributed by atoms with van der Waals surface area (Å²) in [7, 11) is 0. The minimum atomic E-state index is -0.764. The number of nitrogens with zero attached hydrogens (tertiary/aromatic N) is 1. The minimum absolute atomic E-state index is 0.528. The molecule has 2 aromatic carbocycles. The Morgan fingerprint density at radius 1 is 1.08 bits per heavy atom. The summed E-state index contributed by atoms with van der Waals surface area (Å²) in [6.45, 7) is 3.70. The summed E-state index contributed by atoms with van der Waals surface area (Å²) in [4.78, 5) is 2.26. The van der Waals surface area contributed by atoms with Crippen molar-refractivity contribution in [3.63, 3.8) is 0 Å². The predicted octanol–water partition coefficient (Wildman–Crippen LogP) is 3.71. The van der Waals surface area contributed by atoms with Gasteiger partial charge < -0.3 is 5.32 Å². The summed E-state index contributed by atoms with van der Waals surface area (Å²) in [6.07, 6.45) is 2.03. The third-order valence-electron chi connectivity index (χ3n) is 5.19. The first-order valence-electron chi connectivity index (χ1n) is 9.02. The monoisotopic (exact) mass is 324 g/mol. The Balaban J connectivity index is 1.22. The number of alkyl halides is 1. The Hall–Kier alpha value is -1.87. The molecule has 3 heteroatoms. The fraction of sp³-hybridized carbons (Fsp3) is 0.429. The van der Waals surface area contributed by atoms with Crippen molar-refractivity contribution in [2.24, 2.45) is 5.92 Å². The van der Waals surface area contributed by atoms with E-state index in [0.29, 0.717) is 18.9 Å². The maximum absolute atomic E-state index is 14.2. The molecule has 1 N–H and O–H groups in total. The summed E-state index contributed by atoms with van der Waals surface area (Å²) in [5.74, 6) is 0.682. The Morgan fingerprint density at radius 2 is 1.92 bits per heavy atom. The first kappa shape index (κ1) is 15.6. The number of halogens is 1. The Labute approximate surface area is 143 Å². The van der Waals surface area contributed by atoms with Crippen LogP contribution < -0.4 is 5.32 Å². The lowest BCUT2D eigenvalue weighted by molar-refractivity contribution is 0.0707. The highest BCUT2D eigenvalue weighted by Gasteiger charge is 2.28. The molecule has 0 aliphatic carbocycles. The normalized spacial score (nSPS) is 18.7. The van der Waals surface area contributed by atoms with Crippen LogP contribution in [-0.4, -0.2) is 37.3 Å². The highest BCUT2D eigenvalue weighted by Crippen LogP contribution is 2.27. The molecule has 24 heavy (non-hydrogen) atoms. The van der Waals surface area contributed by atoms with Gasteiger partial charge in [-0.05, 0) is 41.5 Å². The van der Waals surface area contributed by atoms with Gasteiger partial charge in [0, 0.05) is 38.3 Å². The van der Waals surface area contributed by atoms with Gasteiger partial charge in [0.05, 0.1) is 0 Å². The second-order valence-corrected chi connectivity index (χ2v) is 7.24. The number of benzene rings is 2. The molecule has 0 bridgehead atoms. The summed E-state index contributed by atoms with van der Waals surface area (Å²) in [5.41, 5.74) is 5.28. The molecule has 2 aromatic rings. The molecule has 2 nitrogen and oxygen atoms in total. The number of fused-ring (bicyclic) bond motifs is 1. The van der Waals surface area contributed by atoms with Gasteiger partial charge in [-0.3, -0.25) is 4.90 Å². The molecule has 0 radical (unpaired) electrons. The van der Waals surface area contributed by atoms with E-state index in [1.54, 1.807) is 0 Å². The lowest BCUT2D eigenvalue weighted by atomic mass is 9.91. The molecule has 2 heterocycles. The van der Waals surface area contributed by atoms with Gasteiger partial charge in [0.2, 0.25) is 0 Å². The second-order valence-electron chi connectivity index (χ2n) is 7.24. The SMILES string of the molecule is FC(Cc1ccccc1)CN1CC(Cc2ccc3c(c2)CCN3)C1. The van der Waals surface area contributed by atoms with E-state index < -0.39 is 6.17 Å². The number of hydrogen-bond acceptors (Lipinski definition) is 2. The molecule has 126 valence electrons. The van der Waals surface area contributed by atoms with Gasteiger partial charge in [-0.1, -0.05) is 42.5 Å². The number of likely N-dealkylation sites (tertiary alicyclic amines) is 1. The van der Waals surface area contributed by atoms with Crippen LogP contribution in [0.4, 0.5) is 10.1 Å². The standard InChI is InChI=1S/C21H25FN2/c22-20(12-16-4-2-1-3-5-16)15-24-13-18(14-24)10-17-6-7-21-19(11-17)8-9-23-21/h1-7,11,18,20,23H,8-10,12-15H2. The fourth-order valence-electron chi connectivity index (χ4n) is 3.99.